The summed E-state index contributed by atoms with van der Waals surface area (Å²) in [5.74, 6) is 1.76. The molecule has 4 aliphatic rings. The Labute approximate surface area is 162 Å². The highest BCUT2D eigenvalue weighted by molar-refractivity contribution is 5.83. The summed E-state index contributed by atoms with van der Waals surface area (Å²) in [4.78, 5) is 25.3. The molecular weight excluding hydrogens is 338 g/mol. The number of esters is 1. The maximum atomic E-state index is 12.9. The first-order valence-electron chi connectivity index (χ1n) is 10.5. The second kappa shape index (κ2) is 7.29. The predicted octanol–water partition coefficient (Wildman–Crippen LogP) is 4.32. The summed E-state index contributed by atoms with van der Waals surface area (Å²) in [6.07, 6.45) is 7.60. The Balaban J connectivity index is 1.32. The van der Waals surface area contributed by atoms with E-state index >= 15 is 0 Å². The van der Waals surface area contributed by atoms with Crippen molar-refractivity contribution in [3.8, 4) is 0 Å². The van der Waals surface area contributed by atoms with Gasteiger partial charge >= 0.3 is 5.97 Å². The van der Waals surface area contributed by atoms with Crippen LogP contribution in [-0.4, -0.2) is 18.5 Å². The maximum absolute atomic E-state index is 12.9. The van der Waals surface area contributed by atoms with Crippen LogP contribution in [0.1, 0.15) is 69.0 Å². The molecule has 4 bridgehead atoms. The van der Waals surface area contributed by atoms with Gasteiger partial charge < -0.3 is 10.1 Å². The van der Waals surface area contributed by atoms with E-state index in [1.54, 1.807) is 0 Å². The monoisotopic (exact) mass is 369 g/mol. The van der Waals surface area contributed by atoms with Gasteiger partial charge in [0.25, 0.3) is 5.91 Å². The molecule has 0 aliphatic heterocycles. The number of nitrogens with one attached hydrogen (secondary N) is 1. The molecule has 5 rings (SSSR count). The number of rotatable bonds is 6. The van der Waals surface area contributed by atoms with E-state index in [0.29, 0.717) is 17.8 Å². The summed E-state index contributed by atoms with van der Waals surface area (Å²) < 4.78 is 5.54. The van der Waals surface area contributed by atoms with Crippen LogP contribution in [0.4, 0.5) is 0 Å². The van der Waals surface area contributed by atoms with Crippen molar-refractivity contribution in [2.45, 2.75) is 64.8 Å². The number of hydrogen-bond acceptors (Lipinski definition) is 3. The van der Waals surface area contributed by atoms with Gasteiger partial charge in [0.15, 0.2) is 6.61 Å². The van der Waals surface area contributed by atoms with Crippen LogP contribution in [0.2, 0.25) is 0 Å². The topological polar surface area (TPSA) is 55.4 Å². The average Bonchev–Trinajstić information content (AvgIpc) is 2.64. The molecule has 0 saturated heterocycles. The van der Waals surface area contributed by atoms with Gasteiger partial charge in [0.05, 0.1) is 11.5 Å². The molecule has 1 aromatic rings. The Bertz CT molecular complexity index is 674. The molecule has 0 aromatic heterocycles. The number of carbonyl (C=O) groups is 2. The SMILES string of the molecule is CC[C@H](NC(=O)COC(=O)C12CC3CC(CC(C3)C1)C2)c1ccc(C)cc1. The van der Waals surface area contributed by atoms with Gasteiger partial charge in [0.1, 0.15) is 0 Å². The number of benzene rings is 1. The van der Waals surface area contributed by atoms with Crippen LogP contribution in [0.25, 0.3) is 0 Å². The molecule has 1 N–H and O–H groups in total. The summed E-state index contributed by atoms with van der Waals surface area (Å²) in [5, 5.41) is 3.02. The number of aryl methyl sites for hydroxylation is 1. The molecule has 1 aromatic carbocycles. The summed E-state index contributed by atoms with van der Waals surface area (Å²) in [6, 6.07) is 8.15. The van der Waals surface area contributed by atoms with E-state index in [-0.39, 0.29) is 29.9 Å². The van der Waals surface area contributed by atoms with E-state index < -0.39 is 0 Å². The summed E-state index contributed by atoms with van der Waals surface area (Å²) in [6.45, 7) is 3.93. The van der Waals surface area contributed by atoms with Gasteiger partial charge in [-0.05, 0) is 75.2 Å². The minimum atomic E-state index is -0.295. The minimum absolute atomic E-state index is 0.0450. The van der Waals surface area contributed by atoms with Crippen molar-refractivity contribution in [2.75, 3.05) is 6.61 Å². The van der Waals surface area contributed by atoms with Crippen molar-refractivity contribution in [1.82, 2.24) is 5.32 Å². The fourth-order valence-corrected chi connectivity index (χ4v) is 6.10. The Kier molecular flexibility index (Phi) is 5.00. The number of amides is 1. The minimum Gasteiger partial charge on any atom is -0.455 e. The van der Waals surface area contributed by atoms with E-state index in [0.717, 1.165) is 31.2 Å². The normalized spacial score (nSPS) is 32.1. The molecule has 146 valence electrons. The van der Waals surface area contributed by atoms with Crippen LogP contribution < -0.4 is 5.32 Å². The third-order valence-electron chi connectivity index (χ3n) is 7.03. The lowest BCUT2D eigenvalue weighted by Crippen LogP contribution is -2.51. The zero-order chi connectivity index (χ0) is 19.0. The maximum Gasteiger partial charge on any atom is 0.312 e. The molecule has 27 heavy (non-hydrogen) atoms. The molecule has 4 saturated carbocycles. The quantitative estimate of drug-likeness (QED) is 0.760. The van der Waals surface area contributed by atoms with Gasteiger partial charge in [0.2, 0.25) is 0 Å². The third-order valence-corrected chi connectivity index (χ3v) is 7.03. The van der Waals surface area contributed by atoms with Gasteiger partial charge in [0, 0.05) is 0 Å². The van der Waals surface area contributed by atoms with Crippen molar-refractivity contribution in [3.63, 3.8) is 0 Å². The smallest absolute Gasteiger partial charge is 0.312 e. The van der Waals surface area contributed by atoms with Gasteiger partial charge in [-0.25, -0.2) is 0 Å². The zero-order valence-corrected chi connectivity index (χ0v) is 16.5. The Morgan fingerprint density at radius 3 is 2.15 bits per heavy atom. The summed E-state index contributed by atoms with van der Waals surface area (Å²) >= 11 is 0. The van der Waals surface area contributed by atoms with Crippen LogP contribution in [0.3, 0.4) is 0 Å². The molecule has 1 amide bonds. The number of hydrogen-bond donors (Lipinski definition) is 1. The van der Waals surface area contributed by atoms with Crippen LogP contribution in [0.5, 0.6) is 0 Å². The molecule has 4 aliphatic carbocycles. The second-order valence-corrected chi connectivity index (χ2v) is 9.21. The van der Waals surface area contributed by atoms with Crippen LogP contribution in [-0.2, 0) is 14.3 Å². The summed E-state index contributed by atoms with van der Waals surface area (Å²) in [5.41, 5.74) is 1.99. The number of ether oxygens (including phenoxy) is 1. The molecule has 0 heterocycles. The Morgan fingerprint density at radius 2 is 1.63 bits per heavy atom. The van der Waals surface area contributed by atoms with Crippen LogP contribution >= 0.6 is 0 Å². The van der Waals surface area contributed by atoms with E-state index in [1.807, 2.05) is 26.0 Å². The van der Waals surface area contributed by atoms with E-state index in [1.165, 1.54) is 24.8 Å². The standard InChI is InChI=1S/C23H31NO3/c1-3-20(19-6-4-15(2)5-7-19)24-21(25)14-27-22(26)23-11-16-8-17(12-23)10-18(9-16)13-23/h4-7,16-18,20H,3,8-14H2,1-2H3,(H,24,25)/t16?,17?,18?,20-,23?/m0/s1. The first-order chi connectivity index (χ1) is 13.0. The van der Waals surface area contributed by atoms with Crippen LogP contribution in [0, 0.1) is 30.1 Å². The molecule has 1 atom stereocenters. The third kappa shape index (κ3) is 3.76. The van der Waals surface area contributed by atoms with E-state index in [4.69, 9.17) is 4.74 Å². The predicted molar refractivity (Wildman–Crippen MR) is 104 cm³/mol. The van der Waals surface area contributed by atoms with Crippen LogP contribution in [0.15, 0.2) is 24.3 Å². The highest BCUT2D eigenvalue weighted by atomic mass is 16.5. The highest BCUT2D eigenvalue weighted by Crippen LogP contribution is 2.60. The van der Waals surface area contributed by atoms with E-state index in [2.05, 4.69) is 17.4 Å². The lowest BCUT2D eigenvalue weighted by molar-refractivity contribution is -0.173. The molecule has 0 radical (unpaired) electrons. The van der Waals surface area contributed by atoms with Gasteiger partial charge in [-0.1, -0.05) is 36.8 Å². The largest absolute Gasteiger partial charge is 0.455 e. The van der Waals surface area contributed by atoms with Crippen molar-refractivity contribution in [1.29, 1.82) is 0 Å². The molecular formula is C23H31NO3. The molecule has 4 heteroatoms. The molecule has 0 unspecified atom stereocenters. The Morgan fingerprint density at radius 1 is 1.07 bits per heavy atom. The van der Waals surface area contributed by atoms with Crippen molar-refractivity contribution < 1.29 is 14.3 Å². The Hall–Kier alpha value is -1.84. The zero-order valence-electron chi connectivity index (χ0n) is 16.5. The summed E-state index contributed by atoms with van der Waals surface area (Å²) in [7, 11) is 0. The van der Waals surface area contributed by atoms with E-state index in [9.17, 15) is 9.59 Å². The fraction of sp³-hybridized carbons (Fsp3) is 0.652. The fourth-order valence-electron chi connectivity index (χ4n) is 6.10. The van der Waals surface area contributed by atoms with Gasteiger partial charge in [-0.3, -0.25) is 9.59 Å². The lowest BCUT2D eigenvalue weighted by Gasteiger charge is -2.55. The average molecular weight is 370 g/mol. The van der Waals surface area contributed by atoms with Gasteiger partial charge in [-0.15, -0.1) is 0 Å². The van der Waals surface area contributed by atoms with Crippen molar-refractivity contribution in [3.05, 3.63) is 35.4 Å². The second-order valence-electron chi connectivity index (χ2n) is 9.21. The van der Waals surface area contributed by atoms with Crippen molar-refractivity contribution >= 4 is 11.9 Å². The molecule has 4 nitrogen and oxygen atoms in total. The number of carbonyl (C=O) groups excluding carboxylic acids is 2. The first-order valence-corrected chi connectivity index (χ1v) is 10.5. The highest BCUT2D eigenvalue weighted by Gasteiger charge is 2.55. The molecule has 0 spiro atoms. The van der Waals surface area contributed by atoms with Crippen molar-refractivity contribution in [2.24, 2.45) is 23.2 Å². The lowest BCUT2D eigenvalue weighted by atomic mass is 9.49. The first kappa shape index (κ1) is 18.5. The van der Waals surface area contributed by atoms with Gasteiger partial charge in [-0.2, -0.15) is 0 Å². The molecule has 4 fully saturated rings.